The van der Waals surface area contributed by atoms with Crippen LogP contribution in [0.25, 0.3) is 11.0 Å². The molecule has 0 bridgehead atoms. The van der Waals surface area contributed by atoms with Crippen LogP contribution >= 0.6 is 27.5 Å². The Hall–Kier alpha value is -3.55. The lowest BCUT2D eigenvalue weighted by molar-refractivity contribution is -0.117. The fourth-order valence-electron chi connectivity index (χ4n) is 4.32. The Balaban J connectivity index is 1.66. The molecule has 0 radical (unpaired) electrons. The molecular weight excluding hydrogens is 534 g/mol. The fraction of sp³-hybridized carbons (Fsp3) is 0.111. The second-order valence-electron chi connectivity index (χ2n) is 8.19. The van der Waals surface area contributed by atoms with Gasteiger partial charge in [0.2, 0.25) is 5.78 Å². The van der Waals surface area contributed by atoms with Crippen LogP contribution in [0.15, 0.2) is 87.0 Å². The first-order valence-corrected chi connectivity index (χ1v) is 11.9. The van der Waals surface area contributed by atoms with E-state index >= 15 is 0 Å². The molecule has 1 aliphatic heterocycles. The van der Waals surface area contributed by atoms with Crippen LogP contribution in [0.3, 0.4) is 0 Å². The number of methoxy groups -OCH3 is 1. The molecule has 5 rings (SSSR count). The van der Waals surface area contributed by atoms with Crippen molar-refractivity contribution < 1.29 is 23.8 Å². The number of carbonyl (C=O) groups excluding carboxylic acids is 2. The number of rotatable bonds is 5. The molecule has 3 aromatic carbocycles. The van der Waals surface area contributed by atoms with Gasteiger partial charge in [-0.3, -0.25) is 14.5 Å². The maximum Gasteiger partial charge on any atom is 0.294 e. The molecule has 1 N–H and O–H groups in total. The number of anilines is 1. The summed E-state index contributed by atoms with van der Waals surface area (Å²) in [5, 5.41) is 12.0. The van der Waals surface area contributed by atoms with Crippen LogP contribution in [0.4, 0.5) is 5.69 Å². The van der Waals surface area contributed by atoms with Gasteiger partial charge in [-0.25, -0.2) is 0 Å². The van der Waals surface area contributed by atoms with Gasteiger partial charge in [0.15, 0.2) is 11.5 Å². The van der Waals surface area contributed by atoms with Gasteiger partial charge in [0.05, 0.1) is 23.7 Å². The summed E-state index contributed by atoms with van der Waals surface area (Å²) in [5.41, 5.74) is 2.47. The third-order valence-corrected chi connectivity index (χ3v) is 6.71. The average Bonchev–Trinajstić information content (AvgIpc) is 3.37. The number of aliphatic hydroxyl groups excluding tert-OH is 1. The zero-order valence-corrected chi connectivity index (χ0v) is 21.1. The van der Waals surface area contributed by atoms with E-state index in [1.807, 2.05) is 37.3 Å². The minimum atomic E-state index is -0.890. The normalized spacial score (nSPS) is 15.8. The summed E-state index contributed by atoms with van der Waals surface area (Å²) in [5.74, 6) is -1.44. The lowest BCUT2D eigenvalue weighted by Crippen LogP contribution is -2.31. The van der Waals surface area contributed by atoms with Crippen molar-refractivity contribution in [1.29, 1.82) is 0 Å². The highest BCUT2D eigenvalue weighted by molar-refractivity contribution is 9.10. The molecule has 1 unspecified atom stereocenters. The van der Waals surface area contributed by atoms with Crippen LogP contribution in [0.5, 0.6) is 5.75 Å². The van der Waals surface area contributed by atoms with Crippen LogP contribution in [0.2, 0.25) is 5.02 Å². The standard InChI is InChI=1S/C27H19BrClNO5/c1-14-4-3-5-15(10-14)24-23(25(31)22-12-16-11-17(28)6-8-20(16)35-22)26(32)27(33)30(24)18-7-9-21(34-2)19(29)13-18/h3-13,24,32H,1-2H3. The van der Waals surface area contributed by atoms with Gasteiger partial charge in [-0.05, 0) is 55.0 Å². The molecule has 1 amide bonds. The highest BCUT2D eigenvalue weighted by Gasteiger charge is 2.45. The molecule has 176 valence electrons. The first kappa shape index (κ1) is 23.2. The van der Waals surface area contributed by atoms with Crippen molar-refractivity contribution in [3.05, 3.63) is 104 Å². The van der Waals surface area contributed by atoms with Gasteiger partial charge in [-0.2, -0.15) is 0 Å². The fourth-order valence-corrected chi connectivity index (χ4v) is 4.95. The zero-order chi connectivity index (χ0) is 24.9. The molecule has 8 heteroatoms. The smallest absolute Gasteiger partial charge is 0.294 e. The van der Waals surface area contributed by atoms with Gasteiger partial charge < -0.3 is 14.3 Å². The minimum absolute atomic E-state index is 0.0275. The predicted molar refractivity (Wildman–Crippen MR) is 137 cm³/mol. The Kier molecular flexibility index (Phi) is 5.91. The lowest BCUT2D eigenvalue weighted by Gasteiger charge is -2.27. The number of ether oxygens (including phenoxy) is 1. The number of hydrogen-bond donors (Lipinski definition) is 1. The second-order valence-corrected chi connectivity index (χ2v) is 9.52. The van der Waals surface area contributed by atoms with Crippen LogP contribution in [-0.2, 0) is 4.79 Å². The predicted octanol–water partition coefficient (Wildman–Crippen LogP) is 6.95. The largest absolute Gasteiger partial charge is 0.503 e. The maximum atomic E-state index is 13.7. The summed E-state index contributed by atoms with van der Waals surface area (Å²) in [6.07, 6.45) is 0. The number of Topliss-reactive ketones (excluding diaryl/α,β-unsaturated/α-hetero) is 1. The van der Waals surface area contributed by atoms with E-state index in [4.69, 9.17) is 20.8 Å². The van der Waals surface area contributed by atoms with Gasteiger partial charge >= 0.3 is 0 Å². The van der Waals surface area contributed by atoms with Crippen LogP contribution < -0.4 is 9.64 Å². The molecule has 4 aromatic rings. The summed E-state index contributed by atoms with van der Waals surface area (Å²) in [6, 6.07) is 18.4. The Morgan fingerprint density at radius 2 is 1.91 bits per heavy atom. The van der Waals surface area contributed by atoms with Crippen molar-refractivity contribution in [2.24, 2.45) is 0 Å². The van der Waals surface area contributed by atoms with Crippen molar-refractivity contribution >= 4 is 55.9 Å². The van der Waals surface area contributed by atoms with E-state index in [1.54, 1.807) is 36.4 Å². The van der Waals surface area contributed by atoms with E-state index in [2.05, 4.69) is 15.9 Å². The summed E-state index contributed by atoms with van der Waals surface area (Å²) in [6.45, 7) is 1.91. The van der Waals surface area contributed by atoms with E-state index in [0.717, 1.165) is 15.4 Å². The third kappa shape index (κ3) is 4.00. The summed E-state index contributed by atoms with van der Waals surface area (Å²) in [7, 11) is 1.49. The van der Waals surface area contributed by atoms with Gasteiger partial charge in [0.25, 0.3) is 5.91 Å². The van der Waals surface area contributed by atoms with Gasteiger partial charge in [0, 0.05) is 15.5 Å². The molecule has 0 saturated carbocycles. The second kappa shape index (κ2) is 8.91. The van der Waals surface area contributed by atoms with Crippen LogP contribution in [0, 0.1) is 6.92 Å². The number of hydrogen-bond acceptors (Lipinski definition) is 5. The average molecular weight is 553 g/mol. The van der Waals surface area contributed by atoms with Crippen molar-refractivity contribution in [1.82, 2.24) is 0 Å². The number of halogens is 2. The third-order valence-electron chi connectivity index (χ3n) is 5.93. The molecule has 0 saturated heterocycles. The first-order valence-electron chi connectivity index (χ1n) is 10.7. The van der Waals surface area contributed by atoms with E-state index in [-0.39, 0.29) is 11.3 Å². The summed E-state index contributed by atoms with van der Waals surface area (Å²) in [4.78, 5) is 28.4. The molecule has 6 nitrogen and oxygen atoms in total. The van der Waals surface area contributed by atoms with E-state index < -0.39 is 23.5 Å². The van der Waals surface area contributed by atoms with Crippen molar-refractivity contribution in [2.75, 3.05) is 12.0 Å². The maximum absolute atomic E-state index is 13.7. The first-order chi connectivity index (χ1) is 16.8. The lowest BCUT2D eigenvalue weighted by atomic mass is 9.94. The molecule has 1 atom stereocenters. The SMILES string of the molecule is COc1ccc(N2C(=O)C(O)=C(C(=O)c3cc4cc(Br)ccc4o3)C2c2cccc(C)c2)cc1Cl. The number of ketones is 1. The number of fused-ring (bicyclic) bond motifs is 1. The van der Waals surface area contributed by atoms with E-state index in [9.17, 15) is 14.7 Å². The van der Waals surface area contributed by atoms with Crippen molar-refractivity contribution in [3.63, 3.8) is 0 Å². The number of furan rings is 1. The number of amides is 1. The molecule has 0 aliphatic carbocycles. The molecule has 0 spiro atoms. The number of carbonyl (C=O) groups is 2. The monoisotopic (exact) mass is 551 g/mol. The van der Waals surface area contributed by atoms with Crippen LogP contribution in [-0.4, -0.2) is 23.9 Å². The Bertz CT molecular complexity index is 1540. The highest BCUT2D eigenvalue weighted by Crippen LogP contribution is 2.44. The zero-order valence-electron chi connectivity index (χ0n) is 18.7. The summed E-state index contributed by atoms with van der Waals surface area (Å²) < 4.78 is 11.9. The van der Waals surface area contributed by atoms with Crippen molar-refractivity contribution in [3.8, 4) is 5.75 Å². The molecule has 1 aromatic heterocycles. The van der Waals surface area contributed by atoms with E-state index in [1.165, 1.54) is 12.0 Å². The molecule has 35 heavy (non-hydrogen) atoms. The number of benzene rings is 3. The molecule has 1 aliphatic rings. The Morgan fingerprint density at radius 1 is 1.11 bits per heavy atom. The minimum Gasteiger partial charge on any atom is -0.503 e. The Labute approximate surface area is 214 Å². The molecular formula is C27H19BrClNO5. The summed E-state index contributed by atoms with van der Waals surface area (Å²) >= 11 is 9.75. The van der Waals surface area contributed by atoms with E-state index in [0.29, 0.717) is 27.6 Å². The van der Waals surface area contributed by atoms with Crippen LogP contribution in [0.1, 0.15) is 27.7 Å². The number of aryl methyl sites for hydroxylation is 1. The number of aliphatic hydroxyl groups is 1. The van der Waals surface area contributed by atoms with Gasteiger partial charge in [-0.1, -0.05) is 57.4 Å². The van der Waals surface area contributed by atoms with Crippen molar-refractivity contribution in [2.45, 2.75) is 13.0 Å². The molecule has 2 heterocycles. The number of nitrogens with zero attached hydrogens (tertiary/aromatic N) is 1. The van der Waals surface area contributed by atoms with Gasteiger partial charge in [-0.15, -0.1) is 0 Å². The molecule has 0 fully saturated rings. The van der Waals surface area contributed by atoms with Gasteiger partial charge in [0.1, 0.15) is 11.3 Å². The topological polar surface area (TPSA) is 80.0 Å². The Morgan fingerprint density at radius 3 is 2.63 bits per heavy atom. The highest BCUT2D eigenvalue weighted by atomic mass is 79.9. The quantitative estimate of drug-likeness (QED) is 0.271.